The van der Waals surface area contributed by atoms with E-state index in [1.165, 1.54) is 13.3 Å². The Morgan fingerprint density at radius 2 is 2.31 bits per heavy atom. The van der Waals surface area contributed by atoms with Crippen molar-refractivity contribution in [2.75, 3.05) is 13.7 Å². The van der Waals surface area contributed by atoms with Crippen molar-refractivity contribution in [1.29, 1.82) is 0 Å². The molecule has 0 aromatic carbocycles. The molecule has 1 rings (SSSR count). The minimum absolute atomic E-state index is 0.177. The van der Waals surface area contributed by atoms with Gasteiger partial charge in [-0.3, -0.25) is 0 Å². The molecule has 16 heavy (non-hydrogen) atoms. The molecule has 1 aromatic rings. The zero-order valence-corrected chi connectivity index (χ0v) is 9.55. The summed E-state index contributed by atoms with van der Waals surface area (Å²) in [6.45, 7) is 5.17. The Labute approximate surface area is 95.2 Å². The summed E-state index contributed by atoms with van der Waals surface area (Å²) in [4.78, 5) is 4.00. The maximum absolute atomic E-state index is 10.1. The van der Waals surface area contributed by atoms with E-state index in [4.69, 9.17) is 4.74 Å². The topological polar surface area (TPSA) is 62.6 Å². The molecule has 0 aliphatic heterocycles. The lowest BCUT2D eigenvalue weighted by molar-refractivity contribution is 0.0267. The number of pyridine rings is 1. The molecular formula is C12H17NO3. The van der Waals surface area contributed by atoms with Gasteiger partial charge in [0.1, 0.15) is 0 Å². The Balaban J connectivity index is 2.95. The number of nitrogens with zero attached hydrogens (tertiary/aromatic N) is 1. The quantitative estimate of drug-likeness (QED) is 0.739. The van der Waals surface area contributed by atoms with Crippen LogP contribution in [0.1, 0.15) is 18.6 Å². The summed E-state index contributed by atoms with van der Waals surface area (Å²) in [6, 6.07) is 3.38. The van der Waals surface area contributed by atoms with Crippen molar-refractivity contribution in [1.82, 2.24) is 4.98 Å². The highest BCUT2D eigenvalue weighted by Crippen LogP contribution is 2.34. The van der Waals surface area contributed by atoms with E-state index in [0.717, 1.165) is 0 Å². The van der Waals surface area contributed by atoms with E-state index in [1.807, 2.05) is 0 Å². The lowest BCUT2D eigenvalue weighted by Gasteiger charge is -2.29. The van der Waals surface area contributed by atoms with Gasteiger partial charge in [0.2, 0.25) is 5.88 Å². The van der Waals surface area contributed by atoms with Crippen LogP contribution in [-0.4, -0.2) is 28.9 Å². The van der Waals surface area contributed by atoms with Crippen molar-refractivity contribution < 1.29 is 14.9 Å². The van der Waals surface area contributed by atoms with Gasteiger partial charge >= 0.3 is 0 Å². The minimum Gasteiger partial charge on any atom is -0.481 e. The number of aromatic nitrogens is 1. The fraction of sp³-hybridized carbons (Fsp3) is 0.417. The number of hydrogen-bond donors (Lipinski definition) is 2. The molecule has 0 spiro atoms. The van der Waals surface area contributed by atoms with E-state index in [1.54, 1.807) is 25.1 Å². The largest absolute Gasteiger partial charge is 0.481 e. The lowest BCUT2D eigenvalue weighted by atomic mass is 9.82. The third-order valence-corrected chi connectivity index (χ3v) is 2.72. The van der Waals surface area contributed by atoms with E-state index in [0.29, 0.717) is 11.4 Å². The number of ether oxygens (including phenoxy) is 1. The van der Waals surface area contributed by atoms with Gasteiger partial charge in [-0.15, -0.1) is 6.58 Å². The van der Waals surface area contributed by atoms with Gasteiger partial charge in [0.25, 0.3) is 0 Å². The van der Waals surface area contributed by atoms with Gasteiger partial charge in [-0.25, -0.2) is 4.98 Å². The lowest BCUT2D eigenvalue weighted by Crippen LogP contribution is -2.27. The molecule has 0 bridgehead atoms. The first kappa shape index (κ1) is 12.7. The molecule has 0 fully saturated rings. The van der Waals surface area contributed by atoms with E-state index >= 15 is 0 Å². The molecule has 2 atom stereocenters. The second-order valence-electron chi connectivity index (χ2n) is 3.90. The maximum Gasteiger partial charge on any atom is 0.212 e. The summed E-state index contributed by atoms with van der Waals surface area (Å²) in [7, 11) is 1.53. The molecule has 1 aromatic heterocycles. The second kappa shape index (κ2) is 5.09. The number of aliphatic hydroxyl groups excluding tert-OH is 2. The number of rotatable bonds is 5. The van der Waals surface area contributed by atoms with Crippen LogP contribution in [0.2, 0.25) is 0 Å². The average Bonchev–Trinajstić information content (AvgIpc) is 2.37. The van der Waals surface area contributed by atoms with E-state index in [2.05, 4.69) is 11.6 Å². The van der Waals surface area contributed by atoms with Crippen LogP contribution in [0.4, 0.5) is 0 Å². The number of hydrogen-bond acceptors (Lipinski definition) is 4. The van der Waals surface area contributed by atoms with Crippen LogP contribution >= 0.6 is 0 Å². The van der Waals surface area contributed by atoms with Gasteiger partial charge in [0.05, 0.1) is 19.8 Å². The zero-order chi connectivity index (χ0) is 12.2. The highest BCUT2D eigenvalue weighted by Gasteiger charge is 2.30. The standard InChI is InChI=1S/C12H17NO3/c1-4-12(2,8-14)11(15)9-5-6-10(16-3)13-7-9/h4-7,11,14-15H,1,8H2,2-3H3/t11-,12-/m1/s1. The van der Waals surface area contributed by atoms with Crippen LogP contribution in [0.15, 0.2) is 31.0 Å². The smallest absolute Gasteiger partial charge is 0.212 e. The Hall–Kier alpha value is -1.39. The average molecular weight is 223 g/mol. The Bertz CT molecular complexity index is 350. The van der Waals surface area contributed by atoms with Crippen molar-refractivity contribution in [3.63, 3.8) is 0 Å². The molecule has 0 saturated carbocycles. The molecule has 0 amide bonds. The van der Waals surface area contributed by atoms with E-state index in [-0.39, 0.29) is 6.61 Å². The second-order valence-corrected chi connectivity index (χ2v) is 3.90. The van der Waals surface area contributed by atoms with Crippen LogP contribution in [0, 0.1) is 5.41 Å². The Morgan fingerprint density at radius 3 is 2.69 bits per heavy atom. The first-order chi connectivity index (χ1) is 7.57. The van der Waals surface area contributed by atoms with Gasteiger partial charge < -0.3 is 14.9 Å². The van der Waals surface area contributed by atoms with Gasteiger partial charge in [-0.05, 0) is 6.07 Å². The molecule has 0 unspecified atom stereocenters. The number of aliphatic hydroxyl groups is 2. The summed E-state index contributed by atoms with van der Waals surface area (Å²) in [5, 5.41) is 19.3. The zero-order valence-electron chi connectivity index (χ0n) is 9.55. The van der Waals surface area contributed by atoms with Crippen LogP contribution in [0.3, 0.4) is 0 Å². The Kier molecular flexibility index (Phi) is 4.04. The monoisotopic (exact) mass is 223 g/mol. The number of methoxy groups -OCH3 is 1. The van der Waals surface area contributed by atoms with Crippen LogP contribution in [0.25, 0.3) is 0 Å². The fourth-order valence-corrected chi connectivity index (χ4v) is 1.32. The van der Waals surface area contributed by atoms with Crippen molar-refractivity contribution in [3.05, 3.63) is 36.5 Å². The first-order valence-electron chi connectivity index (χ1n) is 5.00. The van der Waals surface area contributed by atoms with Gasteiger partial charge in [-0.2, -0.15) is 0 Å². The molecule has 0 aliphatic rings. The van der Waals surface area contributed by atoms with Gasteiger partial charge in [0.15, 0.2) is 0 Å². The predicted octanol–water partition coefficient (Wildman–Crippen LogP) is 1.31. The van der Waals surface area contributed by atoms with E-state index in [9.17, 15) is 10.2 Å². The molecule has 0 radical (unpaired) electrons. The molecule has 4 nitrogen and oxygen atoms in total. The molecule has 4 heteroatoms. The maximum atomic E-state index is 10.1. The molecular weight excluding hydrogens is 206 g/mol. The molecule has 0 aliphatic carbocycles. The van der Waals surface area contributed by atoms with Crippen LogP contribution < -0.4 is 4.74 Å². The molecule has 1 heterocycles. The van der Waals surface area contributed by atoms with Crippen molar-refractivity contribution >= 4 is 0 Å². The normalized spacial score (nSPS) is 16.2. The summed E-state index contributed by atoms with van der Waals surface area (Å²) < 4.78 is 4.92. The van der Waals surface area contributed by atoms with Crippen LogP contribution in [0.5, 0.6) is 5.88 Å². The van der Waals surface area contributed by atoms with Gasteiger partial charge in [-0.1, -0.05) is 13.0 Å². The first-order valence-corrected chi connectivity index (χ1v) is 5.00. The highest BCUT2D eigenvalue weighted by atomic mass is 16.5. The summed E-state index contributed by atoms with van der Waals surface area (Å²) >= 11 is 0. The summed E-state index contributed by atoms with van der Waals surface area (Å²) in [5.41, 5.74) is -0.145. The van der Waals surface area contributed by atoms with Gasteiger partial charge in [0, 0.05) is 23.2 Å². The van der Waals surface area contributed by atoms with Crippen molar-refractivity contribution in [3.8, 4) is 5.88 Å². The predicted molar refractivity (Wildman–Crippen MR) is 61.1 cm³/mol. The van der Waals surface area contributed by atoms with Crippen molar-refractivity contribution in [2.24, 2.45) is 5.41 Å². The summed E-state index contributed by atoms with van der Waals surface area (Å²) in [6.07, 6.45) is 2.23. The van der Waals surface area contributed by atoms with E-state index < -0.39 is 11.5 Å². The van der Waals surface area contributed by atoms with Crippen LogP contribution in [-0.2, 0) is 0 Å². The third kappa shape index (κ3) is 2.40. The SMILES string of the molecule is C=C[C@](C)(CO)[C@H](O)c1ccc(OC)nc1. The molecule has 0 saturated heterocycles. The fourth-order valence-electron chi connectivity index (χ4n) is 1.32. The summed E-state index contributed by atoms with van der Waals surface area (Å²) in [5.74, 6) is 0.486. The molecule has 2 N–H and O–H groups in total. The highest BCUT2D eigenvalue weighted by molar-refractivity contribution is 5.22. The minimum atomic E-state index is -0.839. The third-order valence-electron chi connectivity index (χ3n) is 2.72. The molecule has 88 valence electrons. The Morgan fingerprint density at radius 1 is 1.62 bits per heavy atom. The van der Waals surface area contributed by atoms with Crippen molar-refractivity contribution in [2.45, 2.75) is 13.0 Å².